The van der Waals surface area contributed by atoms with E-state index in [1.165, 1.54) is 0 Å². The molecule has 0 saturated carbocycles. The van der Waals surface area contributed by atoms with E-state index in [1.54, 1.807) is 0 Å². The normalized spacial score (nSPS) is 6.29. The van der Waals surface area contributed by atoms with Crippen molar-refractivity contribution in [1.82, 2.24) is 0 Å². The monoisotopic (exact) mass is 432 g/mol. The second kappa shape index (κ2) is 11.8. The first-order chi connectivity index (χ1) is 5.29. The van der Waals surface area contributed by atoms with Gasteiger partial charge >= 0.3 is 29.2 Å². The van der Waals surface area contributed by atoms with Gasteiger partial charge in [0.25, 0.3) is 0 Å². The Morgan fingerprint density at radius 1 is 0.571 bits per heavy atom. The second-order valence-corrected chi connectivity index (χ2v) is 1.15. The Balaban J connectivity index is -0.0000000625. The molecule has 0 aliphatic rings. The quantitative estimate of drug-likeness (QED) is 0.333. The van der Waals surface area contributed by atoms with E-state index in [-0.39, 0.29) is 34.7 Å². The standard InChI is InChI=1S/2C2H2O4.H2O.Pu/c2*3-1(4)2(5)6;;/h2*(H,3,4)(H,5,6);1H2;/q;;;+4/p-4. The van der Waals surface area contributed by atoms with E-state index in [0.717, 1.165) is 0 Å². The van der Waals surface area contributed by atoms with E-state index in [4.69, 9.17) is 39.6 Å². The number of carbonyl (C=O) groups excluding carboxylic acids is 4. The Bertz CT molecular complexity index is 173. The molecule has 0 aromatic heterocycles. The van der Waals surface area contributed by atoms with Gasteiger partial charge in [0.05, 0.1) is 23.9 Å². The Morgan fingerprint density at radius 3 is 0.643 bits per heavy atom. The fourth-order valence-electron chi connectivity index (χ4n) is 0. The SMILES string of the molecule is O.O=C([O-])C(=O)[O-].O=C([O-])C(=O)[O-].[Pu+4]. The summed E-state index contributed by atoms with van der Waals surface area (Å²) in [6.07, 6.45) is 0. The molecule has 14 heavy (non-hydrogen) atoms. The van der Waals surface area contributed by atoms with E-state index >= 15 is 0 Å². The average molecular weight is 438 g/mol. The maximum atomic E-state index is 8.93. The van der Waals surface area contributed by atoms with Crippen LogP contribution in [0.3, 0.4) is 0 Å². The molecule has 0 atom stereocenters. The number of rotatable bonds is 0. The molecule has 0 rings (SSSR count). The number of carboxylic acids is 4. The van der Waals surface area contributed by atoms with Crippen LogP contribution in [-0.2, 0) is 19.2 Å². The van der Waals surface area contributed by atoms with Crippen molar-refractivity contribution < 1.29 is 74.3 Å². The maximum Gasteiger partial charge on any atom is 4.00 e. The Kier molecular flexibility index (Phi) is 19.5. The number of hydrogen-bond donors (Lipinski definition) is 0. The van der Waals surface area contributed by atoms with Gasteiger partial charge in [-0.05, 0) is 0 Å². The molecule has 0 aliphatic heterocycles. The number of carboxylic acid groups (broad SMARTS) is 4. The van der Waals surface area contributed by atoms with Gasteiger partial charge in [-0.2, -0.15) is 0 Å². The van der Waals surface area contributed by atoms with Gasteiger partial charge in [0.1, 0.15) is 0 Å². The fraction of sp³-hybridized carbons (Fsp3) is 0. The van der Waals surface area contributed by atoms with Crippen LogP contribution in [0, 0.1) is 29.2 Å². The summed E-state index contributed by atoms with van der Waals surface area (Å²) in [7, 11) is 0. The second-order valence-electron chi connectivity index (χ2n) is 1.15. The Morgan fingerprint density at radius 2 is 0.643 bits per heavy atom. The van der Waals surface area contributed by atoms with Crippen LogP contribution in [-0.4, -0.2) is 29.4 Å². The van der Waals surface area contributed by atoms with Crippen LogP contribution in [0.4, 0.5) is 0 Å². The van der Waals surface area contributed by atoms with E-state index in [1.807, 2.05) is 0 Å². The minimum atomic E-state index is -2.19. The summed E-state index contributed by atoms with van der Waals surface area (Å²) in [4.78, 5) is 35.7. The molecule has 0 aromatic carbocycles. The van der Waals surface area contributed by atoms with Crippen LogP contribution in [0.2, 0.25) is 0 Å². The minimum Gasteiger partial charge on any atom is -0.543 e. The summed E-state index contributed by atoms with van der Waals surface area (Å²) < 4.78 is 0. The molecule has 78 valence electrons. The predicted molar refractivity (Wildman–Crippen MR) is 23.6 cm³/mol. The first-order valence-electron chi connectivity index (χ1n) is 2.13. The molecule has 0 saturated heterocycles. The van der Waals surface area contributed by atoms with Crippen LogP contribution in [0.5, 0.6) is 0 Å². The zero-order chi connectivity index (χ0) is 10.3. The molecule has 2 N–H and O–H groups in total. The summed E-state index contributed by atoms with van der Waals surface area (Å²) in [6.45, 7) is 0. The van der Waals surface area contributed by atoms with Gasteiger partial charge in [-0.1, -0.05) is 0 Å². The van der Waals surface area contributed by atoms with Gasteiger partial charge in [0.2, 0.25) is 0 Å². The van der Waals surface area contributed by atoms with Crippen LogP contribution >= 0.6 is 0 Å². The smallest absolute Gasteiger partial charge is 0.543 e. The molecular weight excluding hydrogens is 436 g/mol. The number of aliphatic carboxylic acids is 4. The van der Waals surface area contributed by atoms with Crippen LogP contribution in [0.1, 0.15) is 0 Å². The van der Waals surface area contributed by atoms with Gasteiger partial charge in [0, 0.05) is 0 Å². The van der Waals surface area contributed by atoms with Crippen LogP contribution < -0.4 is 20.4 Å². The molecule has 0 bridgehead atoms. The van der Waals surface area contributed by atoms with E-state index in [9.17, 15) is 0 Å². The summed E-state index contributed by atoms with van der Waals surface area (Å²) in [5.74, 6) is -8.74. The van der Waals surface area contributed by atoms with Crippen molar-refractivity contribution in [3.63, 3.8) is 0 Å². The predicted octanol–water partition coefficient (Wildman–Crippen LogP) is -7.85. The van der Waals surface area contributed by atoms with Crippen LogP contribution in [0.25, 0.3) is 0 Å². The van der Waals surface area contributed by atoms with Crippen LogP contribution in [0.15, 0.2) is 0 Å². The zero-order valence-corrected chi connectivity index (χ0v) is 9.57. The Labute approximate surface area is 98.2 Å². The minimum absolute atomic E-state index is 0. The fourth-order valence-corrected chi connectivity index (χ4v) is 0. The van der Waals surface area contributed by atoms with Crippen molar-refractivity contribution >= 4 is 23.9 Å². The molecule has 0 radical (unpaired) electrons. The largest absolute Gasteiger partial charge is 4.00 e. The molecular formula is C4H2O9Pu. The number of hydrogen-bond acceptors (Lipinski definition) is 8. The van der Waals surface area contributed by atoms with Gasteiger partial charge < -0.3 is 45.1 Å². The summed E-state index contributed by atoms with van der Waals surface area (Å²) in [5, 5.41) is 35.7. The summed E-state index contributed by atoms with van der Waals surface area (Å²) in [5.41, 5.74) is 0. The third-order valence-electron chi connectivity index (χ3n) is 0.333. The molecule has 0 fully saturated rings. The molecule has 0 amide bonds. The van der Waals surface area contributed by atoms with Crippen molar-refractivity contribution in [2.45, 2.75) is 0 Å². The van der Waals surface area contributed by atoms with E-state index < -0.39 is 23.9 Å². The van der Waals surface area contributed by atoms with E-state index in [0.29, 0.717) is 0 Å². The molecule has 0 unspecified atom stereocenters. The summed E-state index contributed by atoms with van der Waals surface area (Å²) >= 11 is 0. The molecule has 0 aromatic rings. The summed E-state index contributed by atoms with van der Waals surface area (Å²) in [6, 6.07) is 0. The first-order valence-corrected chi connectivity index (χ1v) is 2.13. The van der Waals surface area contributed by atoms with Crippen molar-refractivity contribution in [3.05, 3.63) is 0 Å². The van der Waals surface area contributed by atoms with Gasteiger partial charge in [-0.3, -0.25) is 0 Å². The zero-order valence-electron chi connectivity index (χ0n) is 6.17. The molecule has 9 nitrogen and oxygen atoms in total. The average Bonchev–Trinajstić information content (AvgIpc) is 1.88. The van der Waals surface area contributed by atoms with Gasteiger partial charge in [-0.15, -0.1) is 0 Å². The number of carbonyl (C=O) groups is 4. The van der Waals surface area contributed by atoms with Crippen molar-refractivity contribution in [1.29, 1.82) is 0 Å². The molecule has 0 aliphatic carbocycles. The van der Waals surface area contributed by atoms with Gasteiger partial charge in [-0.25, -0.2) is 0 Å². The van der Waals surface area contributed by atoms with Crippen molar-refractivity contribution in [2.24, 2.45) is 0 Å². The molecule has 0 spiro atoms. The topological polar surface area (TPSA) is 192 Å². The molecule has 10 heteroatoms. The third kappa shape index (κ3) is 22.4. The van der Waals surface area contributed by atoms with E-state index in [2.05, 4.69) is 0 Å². The molecule has 0 heterocycles. The Hall–Kier alpha value is -1.17. The first kappa shape index (κ1) is 23.0. The van der Waals surface area contributed by atoms with Gasteiger partial charge in [0.15, 0.2) is 0 Å². The van der Waals surface area contributed by atoms with Crippen molar-refractivity contribution in [3.8, 4) is 0 Å². The third-order valence-corrected chi connectivity index (χ3v) is 0.333. The van der Waals surface area contributed by atoms with Crippen molar-refractivity contribution in [2.75, 3.05) is 0 Å². The maximum absolute atomic E-state index is 8.93.